The molecule has 0 fully saturated rings. The summed E-state index contributed by atoms with van der Waals surface area (Å²) in [6.07, 6.45) is 73.3. The molecule has 0 aliphatic carbocycles. The van der Waals surface area contributed by atoms with Crippen LogP contribution in [0.25, 0.3) is 0 Å². The molecule has 0 bridgehead atoms. The van der Waals surface area contributed by atoms with Gasteiger partial charge in [-0.1, -0.05) is 226 Å². The first kappa shape index (κ1) is 57.6. The van der Waals surface area contributed by atoms with Gasteiger partial charge in [0.25, 0.3) is 0 Å². The van der Waals surface area contributed by atoms with Crippen LogP contribution in [0.4, 0.5) is 0 Å². The molecule has 5 heteroatoms. The molecule has 0 aliphatic heterocycles. The standard InChI is InChI=1S/C56H92O5/c1-3-5-7-9-11-13-15-16-17-18-19-20-21-22-23-24-25-26-27-28-29-30-31-32-33-34-35-36-37-38-39-40-41-43-45-47-49-51-56(59)61-54(52-57)53-60-55(58)50-48-46-44-42-14-12-10-8-6-4-2/h5,7,11,13,16-17,19-20,22-23,25-26,28-29,31-32,34-35,54,57H,3-4,6,8-10,12,14-15,18,21,24,27,30,33,36-53H2,1-2H3/b7-5-,13-11-,17-16-,20-19-,23-22-,26-25-,29-28-,32-31-,35-34-. The topological polar surface area (TPSA) is 72.8 Å². The third-order valence-corrected chi connectivity index (χ3v) is 10.3. The van der Waals surface area contributed by atoms with Gasteiger partial charge in [0.2, 0.25) is 0 Å². The van der Waals surface area contributed by atoms with Crippen molar-refractivity contribution in [3.05, 3.63) is 109 Å². The van der Waals surface area contributed by atoms with E-state index in [1.54, 1.807) is 0 Å². The number of carbonyl (C=O) groups excluding carboxylic acids is 2. The van der Waals surface area contributed by atoms with E-state index in [0.29, 0.717) is 12.8 Å². The van der Waals surface area contributed by atoms with Gasteiger partial charge in [-0.25, -0.2) is 0 Å². The number of unbranched alkanes of at least 4 members (excludes halogenated alkanes) is 18. The summed E-state index contributed by atoms with van der Waals surface area (Å²) in [6.45, 7) is 4.00. The molecule has 0 aromatic rings. The van der Waals surface area contributed by atoms with Gasteiger partial charge in [0.15, 0.2) is 6.10 Å². The maximum absolute atomic E-state index is 12.2. The van der Waals surface area contributed by atoms with E-state index in [0.717, 1.165) is 103 Å². The lowest BCUT2D eigenvalue weighted by atomic mass is 10.1. The first-order valence-corrected chi connectivity index (χ1v) is 24.9. The molecule has 5 nitrogen and oxygen atoms in total. The zero-order valence-electron chi connectivity index (χ0n) is 39.4. The molecule has 0 amide bonds. The van der Waals surface area contributed by atoms with Crippen molar-refractivity contribution in [3.8, 4) is 0 Å². The predicted octanol–water partition coefficient (Wildman–Crippen LogP) is 16.6. The van der Waals surface area contributed by atoms with Crippen molar-refractivity contribution in [3.63, 3.8) is 0 Å². The van der Waals surface area contributed by atoms with E-state index in [1.165, 1.54) is 83.5 Å². The molecule has 346 valence electrons. The van der Waals surface area contributed by atoms with E-state index in [1.807, 2.05) is 0 Å². The second-order valence-electron chi connectivity index (χ2n) is 16.2. The van der Waals surface area contributed by atoms with Gasteiger partial charge < -0.3 is 14.6 Å². The summed E-state index contributed by atoms with van der Waals surface area (Å²) in [4.78, 5) is 24.3. The highest BCUT2D eigenvalue weighted by atomic mass is 16.6. The van der Waals surface area contributed by atoms with E-state index in [-0.39, 0.29) is 25.2 Å². The summed E-state index contributed by atoms with van der Waals surface area (Å²) in [6, 6.07) is 0. The Labute approximate surface area is 376 Å². The van der Waals surface area contributed by atoms with Crippen molar-refractivity contribution < 1.29 is 24.2 Å². The summed E-state index contributed by atoms with van der Waals surface area (Å²) in [5.41, 5.74) is 0. The molecule has 61 heavy (non-hydrogen) atoms. The molecule has 1 unspecified atom stereocenters. The molecule has 0 saturated carbocycles. The van der Waals surface area contributed by atoms with Gasteiger partial charge in [-0.15, -0.1) is 0 Å². The Bertz CT molecular complexity index is 1230. The highest BCUT2D eigenvalue weighted by molar-refractivity contribution is 5.70. The molecule has 0 aromatic carbocycles. The molecule has 0 saturated heterocycles. The zero-order valence-corrected chi connectivity index (χ0v) is 39.4. The third-order valence-electron chi connectivity index (χ3n) is 10.3. The van der Waals surface area contributed by atoms with Crippen molar-refractivity contribution in [2.75, 3.05) is 13.2 Å². The summed E-state index contributed by atoms with van der Waals surface area (Å²) < 4.78 is 10.6. The van der Waals surface area contributed by atoms with E-state index in [4.69, 9.17) is 9.47 Å². The van der Waals surface area contributed by atoms with Crippen molar-refractivity contribution in [1.82, 2.24) is 0 Å². The quantitative estimate of drug-likeness (QED) is 0.0376. The van der Waals surface area contributed by atoms with Gasteiger partial charge in [-0.2, -0.15) is 0 Å². The van der Waals surface area contributed by atoms with E-state index in [9.17, 15) is 14.7 Å². The fraction of sp³-hybridized carbons (Fsp3) is 0.643. The molecule has 0 aliphatic rings. The van der Waals surface area contributed by atoms with E-state index >= 15 is 0 Å². The average Bonchev–Trinajstić information content (AvgIpc) is 3.26. The van der Waals surface area contributed by atoms with Gasteiger partial charge in [-0.05, 0) is 83.5 Å². The summed E-state index contributed by atoms with van der Waals surface area (Å²) in [5, 5.41) is 9.57. The lowest BCUT2D eigenvalue weighted by Gasteiger charge is -2.15. The fourth-order valence-electron chi connectivity index (χ4n) is 6.61. The summed E-state index contributed by atoms with van der Waals surface area (Å²) in [5.74, 6) is -0.603. The Morgan fingerprint density at radius 3 is 1.07 bits per heavy atom. The van der Waals surface area contributed by atoms with Crippen LogP contribution in [-0.2, 0) is 19.1 Å². The Kier molecular flexibility index (Phi) is 48.0. The second-order valence-corrected chi connectivity index (χ2v) is 16.2. The molecular formula is C56H92O5. The molecular weight excluding hydrogens is 753 g/mol. The van der Waals surface area contributed by atoms with Crippen LogP contribution in [0.2, 0.25) is 0 Å². The minimum Gasteiger partial charge on any atom is -0.462 e. The predicted molar refractivity (Wildman–Crippen MR) is 265 cm³/mol. The number of esters is 2. The van der Waals surface area contributed by atoms with Crippen molar-refractivity contribution in [1.29, 1.82) is 0 Å². The number of allylic oxidation sites excluding steroid dienone is 18. The van der Waals surface area contributed by atoms with E-state index in [2.05, 4.69) is 123 Å². The molecule has 0 heterocycles. The minimum absolute atomic E-state index is 0.0712. The normalized spacial score (nSPS) is 13.2. The fourth-order valence-corrected chi connectivity index (χ4v) is 6.61. The monoisotopic (exact) mass is 845 g/mol. The number of rotatable bonds is 44. The largest absolute Gasteiger partial charge is 0.462 e. The molecule has 1 atom stereocenters. The highest BCUT2D eigenvalue weighted by Crippen LogP contribution is 2.14. The lowest BCUT2D eigenvalue weighted by Crippen LogP contribution is -2.28. The second kappa shape index (κ2) is 50.9. The van der Waals surface area contributed by atoms with Crippen molar-refractivity contribution in [2.24, 2.45) is 0 Å². The Morgan fingerprint density at radius 2 is 0.705 bits per heavy atom. The smallest absolute Gasteiger partial charge is 0.306 e. The molecule has 1 N–H and O–H groups in total. The van der Waals surface area contributed by atoms with Crippen molar-refractivity contribution >= 4 is 11.9 Å². The van der Waals surface area contributed by atoms with Crippen LogP contribution >= 0.6 is 0 Å². The maximum Gasteiger partial charge on any atom is 0.306 e. The lowest BCUT2D eigenvalue weighted by molar-refractivity contribution is -0.161. The third kappa shape index (κ3) is 49.1. The van der Waals surface area contributed by atoms with Gasteiger partial charge in [0.05, 0.1) is 6.61 Å². The number of carbonyl (C=O) groups is 2. The van der Waals surface area contributed by atoms with Crippen LogP contribution in [0.15, 0.2) is 109 Å². The van der Waals surface area contributed by atoms with Gasteiger partial charge >= 0.3 is 11.9 Å². The van der Waals surface area contributed by atoms with Crippen LogP contribution in [-0.4, -0.2) is 36.4 Å². The number of ether oxygens (including phenoxy) is 2. The molecule has 0 radical (unpaired) electrons. The minimum atomic E-state index is -0.778. The number of aliphatic hydroxyl groups is 1. The average molecular weight is 845 g/mol. The first-order valence-electron chi connectivity index (χ1n) is 24.9. The van der Waals surface area contributed by atoms with Gasteiger partial charge in [0, 0.05) is 12.8 Å². The van der Waals surface area contributed by atoms with Crippen LogP contribution in [0.5, 0.6) is 0 Å². The van der Waals surface area contributed by atoms with Gasteiger partial charge in [-0.3, -0.25) is 9.59 Å². The van der Waals surface area contributed by atoms with E-state index < -0.39 is 6.10 Å². The number of aliphatic hydroxyl groups excluding tert-OH is 1. The molecule has 0 aromatic heterocycles. The SMILES string of the molecule is CC/C=C\C/C=C\C/C=C\C/C=C\C/C=C\C/C=C\C/C=C\C/C=C\C/C=C\CCCCCCCCCCCC(=O)OC(CO)COC(=O)CCCCCCCCCCCC. The van der Waals surface area contributed by atoms with Crippen LogP contribution in [0.3, 0.4) is 0 Å². The van der Waals surface area contributed by atoms with Crippen molar-refractivity contribution in [2.45, 2.75) is 219 Å². The zero-order chi connectivity index (χ0) is 44.2. The Morgan fingerprint density at radius 1 is 0.393 bits per heavy atom. The van der Waals surface area contributed by atoms with Crippen LogP contribution in [0, 0.1) is 0 Å². The number of hydrogen-bond donors (Lipinski definition) is 1. The van der Waals surface area contributed by atoms with Crippen LogP contribution in [0.1, 0.15) is 213 Å². The maximum atomic E-state index is 12.2. The van der Waals surface area contributed by atoms with Crippen LogP contribution < -0.4 is 0 Å². The highest BCUT2D eigenvalue weighted by Gasteiger charge is 2.16. The number of hydrogen-bond acceptors (Lipinski definition) is 5. The Hall–Kier alpha value is -3.44. The molecule has 0 rings (SSSR count). The molecule has 0 spiro atoms. The first-order chi connectivity index (χ1) is 30.1. The summed E-state index contributed by atoms with van der Waals surface area (Å²) >= 11 is 0. The Balaban J connectivity index is 3.59. The van der Waals surface area contributed by atoms with Gasteiger partial charge in [0.1, 0.15) is 6.61 Å². The summed E-state index contributed by atoms with van der Waals surface area (Å²) in [7, 11) is 0.